The number of nitrogens with one attached hydrogen (secondary N) is 2. The standard InChI is InChI=1S/C27H27F3N6O3/c1-36(2)26(37-3)15-20(16-26)38-19-10-8-18(9-11-19)32-25-31-13-12-23(35-25)33-22-14-17-6-4-5-7-21(17)34-24(22)39-27(28,29)30/h4-14,20H,15-16H2,1-3H3,(H2,31,32,33,35). The number of ether oxygens (including phenoxy) is 3. The highest BCUT2D eigenvalue weighted by Gasteiger charge is 2.48. The summed E-state index contributed by atoms with van der Waals surface area (Å²) in [4.78, 5) is 14.7. The molecule has 0 amide bonds. The summed E-state index contributed by atoms with van der Waals surface area (Å²) in [7, 11) is 5.68. The highest BCUT2D eigenvalue weighted by molar-refractivity contribution is 5.84. The molecule has 0 bridgehead atoms. The van der Waals surface area contributed by atoms with Gasteiger partial charge in [0.05, 0.1) is 5.52 Å². The molecule has 204 valence electrons. The lowest BCUT2D eigenvalue weighted by molar-refractivity contribution is -0.275. The van der Waals surface area contributed by atoms with Crippen molar-refractivity contribution in [2.24, 2.45) is 0 Å². The van der Waals surface area contributed by atoms with Gasteiger partial charge in [-0.15, -0.1) is 13.2 Å². The Bertz CT molecular complexity index is 1440. The molecule has 0 unspecified atom stereocenters. The van der Waals surface area contributed by atoms with Gasteiger partial charge in [-0.05, 0) is 56.6 Å². The van der Waals surface area contributed by atoms with Gasteiger partial charge < -0.3 is 24.8 Å². The number of hydrogen-bond acceptors (Lipinski definition) is 9. The van der Waals surface area contributed by atoms with E-state index in [0.29, 0.717) is 16.6 Å². The van der Waals surface area contributed by atoms with Gasteiger partial charge in [-0.1, -0.05) is 18.2 Å². The highest BCUT2D eigenvalue weighted by atomic mass is 19.4. The van der Waals surface area contributed by atoms with Crippen LogP contribution in [0.5, 0.6) is 11.6 Å². The van der Waals surface area contributed by atoms with Gasteiger partial charge in [-0.3, -0.25) is 4.90 Å². The Labute approximate surface area is 222 Å². The van der Waals surface area contributed by atoms with Crippen molar-refractivity contribution >= 4 is 34.0 Å². The van der Waals surface area contributed by atoms with Gasteiger partial charge in [0.2, 0.25) is 11.8 Å². The Kier molecular flexibility index (Phi) is 7.15. The average molecular weight is 541 g/mol. The molecule has 5 rings (SSSR count). The van der Waals surface area contributed by atoms with Crippen molar-refractivity contribution in [2.45, 2.75) is 31.0 Å². The SMILES string of the molecule is COC1(N(C)C)CC(Oc2ccc(Nc3nccc(Nc4cc5ccccc5nc4OC(F)(F)F)n3)cc2)C1. The molecular formula is C27H27F3N6O3. The third-order valence-electron chi connectivity index (χ3n) is 6.52. The Morgan fingerprint density at radius 1 is 0.974 bits per heavy atom. The molecule has 2 aromatic carbocycles. The molecule has 2 N–H and O–H groups in total. The molecule has 2 aromatic heterocycles. The second-order valence-electron chi connectivity index (χ2n) is 9.31. The molecule has 2 heterocycles. The van der Waals surface area contributed by atoms with Crippen molar-refractivity contribution in [3.63, 3.8) is 0 Å². The number of methoxy groups -OCH3 is 1. The number of para-hydroxylation sites is 1. The Balaban J connectivity index is 1.26. The van der Waals surface area contributed by atoms with Gasteiger partial charge in [-0.2, -0.15) is 4.98 Å². The summed E-state index contributed by atoms with van der Waals surface area (Å²) >= 11 is 0. The van der Waals surface area contributed by atoms with Crippen LogP contribution in [0.3, 0.4) is 0 Å². The summed E-state index contributed by atoms with van der Waals surface area (Å²) in [5.74, 6) is 0.621. The van der Waals surface area contributed by atoms with Crippen LogP contribution >= 0.6 is 0 Å². The maximum Gasteiger partial charge on any atom is 0.574 e. The van der Waals surface area contributed by atoms with Crippen molar-refractivity contribution in [2.75, 3.05) is 31.8 Å². The molecule has 39 heavy (non-hydrogen) atoms. The monoisotopic (exact) mass is 540 g/mol. The topological polar surface area (TPSA) is 93.7 Å². The minimum atomic E-state index is -4.90. The second-order valence-corrected chi connectivity index (χ2v) is 9.31. The number of rotatable bonds is 9. The minimum absolute atomic E-state index is 0.0138. The van der Waals surface area contributed by atoms with Gasteiger partial charge >= 0.3 is 6.36 Å². The maximum absolute atomic E-state index is 13.0. The molecule has 0 saturated heterocycles. The fourth-order valence-corrected chi connectivity index (χ4v) is 4.39. The third-order valence-corrected chi connectivity index (χ3v) is 6.52. The summed E-state index contributed by atoms with van der Waals surface area (Å²) in [6.07, 6.45) is -1.82. The van der Waals surface area contributed by atoms with E-state index in [2.05, 4.69) is 35.2 Å². The van der Waals surface area contributed by atoms with Gasteiger partial charge in [0, 0.05) is 37.2 Å². The van der Waals surface area contributed by atoms with Crippen molar-refractivity contribution in [1.82, 2.24) is 19.9 Å². The predicted molar refractivity (Wildman–Crippen MR) is 141 cm³/mol. The van der Waals surface area contributed by atoms with Crippen molar-refractivity contribution < 1.29 is 27.4 Å². The van der Waals surface area contributed by atoms with E-state index in [9.17, 15) is 13.2 Å². The average Bonchev–Trinajstić information content (AvgIpc) is 2.86. The van der Waals surface area contributed by atoms with Crippen LogP contribution in [0.15, 0.2) is 66.9 Å². The number of anilines is 4. The van der Waals surface area contributed by atoms with Crippen LogP contribution in [0, 0.1) is 0 Å². The lowest BCUT2D eigenvalue weighted by atomic mass is 9.83. The Morgan fingerprint density at radius 3 is 2.41 bits per heavy atom. The van der Waals surface area contributed by atoms with Gasteiger partial charge in [0.1, 0.15) is 29.1 Å². The fourth-order valence-electron chi connectivity index (χ4n) is 4.39. The van der Waals surface area contributed by atoms with Crippen LogP contribution in [-0.4, -0.2) is 59.2 Å². The predicted octanol–water partition coefficient (Wildman–Crippen LogP) is 5.86. The summed E-state index contributed by atoms with van der Waals surface area (Å²) < 4.78 is 54.9. The van der Waals surface area contributed by atoms with E-state index in [1.807, 2.05) is 38.4 Å². The van der Waals surface area contributed by atoms with E-state index in [4.69, 9.17) is 9.47 Å². The quantitative estimate of drug-likeness (QED) is 0.253. The number of hydrogen-bond donors (Lipinski definition) is 2. The number of aromatic nitrogens is 3. The third kappa shape index (κ3) is 6.13. The number of alkyl halides is 3. The molecule has 0 aliphatic heterocycles. The molecule has 0 spiro atoms. The van der Waals surface area contributed by atoms with Crippen LogP contribution < -0.4 is 20.1 Å². The molecule has 4 aromatic rings. The summed E-state index contributed by atoms with van der Waals surface area (Å²) in [5, 5.41) is 6.59. The molecule has 1 aliphatic rings. The molecule has 9 nitrogen and oxygen atoms in total. The number of halogens is 3. The Morgan fingerprint density at radius 2 is 1.72 bits per heavy atom. The van der Waals surface area contributed by atoms with Gasteiger partial charge in [-0.25, -0.2) is 9.97 Å². The van der Waals surface area contributed by atoms with Crippen LogP contribution in [0.1, 0.15) is 12.8 Å². The lowest BCUT2D eigenvalue weighted by Gasteiger charge is -2.50. The van der Waals surface area contributed by atoms with E-state index < -0.39 is 12.2 Å². The first-order valence-corrected chi connectivity index (χ1v) is 12.1. The Hall–Kier alpha value is -4.16. The molecule has 0 atom stereocenters. The van der Waals surface area contributed by atoms with E-state index in [-0.39, 0.29) is 29.3 Å². The van der Waals surface area contributed by atoms with Crippen molar-refractivity contribution in [1.29, 1.82) is 0 Å². The normalized spacial score (nSPS) is 19.0. The molecule has 1 aliphatic carbocycles. The zero-order valence-electron chi connectivity index (χ0n) is 21.5. The largest absolute Gasteiger partial charge is 0.574 e. The first-order chi connectivity index (χ1) is 18.6. The van der Waals surface area contributed by atoms with E-state index >= 15 is 0 Å². The fraction of sp³-hybridized carbons (Fsp3) is 0.296. The molecule has 12 heteroatoms. The number of pyridine rings is 1. The molecule has 1 fully saturated rings. The summed E-state index contributed by atoms with van der Waals surface area (Å²) in [5.41, 5.74) is 0.805. The summed E-state index contributed by atoms with van der Waals surface area (Å²) in [6.45, 7) is 0. The molecule has 1 saturated carbocycles. The first kappa shape index (κ1) is 26.4. The zero-order chi connectivity index (χ0) is 27.6. The number of benzene rings is 2. The van der Waals surface area contributed by atoms with Crippen LogP contribution in [0.4, 0.5) is 36.3 Å². The smallest absolute Gasteiger partial charge is 0.490 e. The van der Waals surface area contributed by atoms with Crippen LogP contribution in [0.2, 0.25) is 0 Å². The highest BCUT2D eigenvalue weighted by Crippen LogP contribution is 2.39. The van der Waals surface area contributed by atoms with Gasteiger partial charge in [0.25, 0.3) is 0 Å². The minimum Gasteiger partial charge on any atom is -0.490 e. The maximum atomic E-state index is 13.0. The van der Waals surface area contributed by atoms with Crippen LogP contribution in [0.25, 0.3) is 10.9 Å². The zero-order valence-corrected chi connectivity index (χ0v) is 21.5. The molecular weight excluding hydrogens is 513 g/mol. The van der Waals surface area contributed by atoms with Crippen LogP contribution in [-0.2, 0) is 4.74 Å². The van der Waals surface area contributed by atoms with Crippen molar-refractivity contribution in [3.05, 3.63) is 66.9 Å². The lowest BCUT2D eigenvalue weighted by Crippen LogP contribution is -2.59. The van der Waals surface area contributed by atoms with E-state index in [1.54, 1.807) is 31.4 Å². The number of nitrogens with zero attached hydrogens (tertiary/aromatic N) is 4. The summed E-state index contributed by atoms with van der Waals surface area (Å²) in [6, 6.07) is 17.2. The molecule has 0 radical (unpaired) electrons. The van der Waals surface area contributed by atoms with Crippen molar-refractivity contribution in [3.8, 4) is 11.6 Å². The van der Waals surface area contributed by atoms with E-state index in [1.165, 1.54) is 18.3 Å². The first-order valence-electron chi connectivity index (χ1n) is 12.1. The van der Waals surface area contributed by atoms with Gasteiger partial charge in [0.15, 0.2) is 0 Å². The number of fused-ring (bicyclic) bond motifs is 1. The second kappa shape index (κ2) is 10.5. The van der Waals surface area contributed by atoms with E-state index in [0.717, 1.165) is 18.6 Å².